The Labute approximate surface area is 161 Å². The van der Waals surface area contributed by atoms with Crippen LogP contribution < -0.4 is 10.1 Å². The van der Waals surface area contributed by atoms with Gasteiger partial charge in [-0.15, -0.1) is 0 Å². The maximum atomic E-state index is 13.0. The minimum Gasteiger partial charge on any atom is -0.497 e. The molecule has 0 saturated carbocycles. The molecule has 27 heavy (non-hydrogen) atoms. The molecule has 0 atom stereocenters. The van der Waals surface area contributed by atoms with Gasteiger partial charge in [-0.3, -0.25) is 4.79 Å². The Hall–Kier alpha value is -2.33. The lowest BCUT2D eigenvalue weighted by Gasteiger charge is -2.36. The average molecular weight is 367 g/mol. The third-order valence-electron chi connectivity index (χ3n) is 5.41. The zero-order valence-corrected chi connectivity index (χ0v) is 16.3. The highest BCUT2D eigenvalue weighted by atomic mass is 16.5. The highest BCUT2D eigenvalue weighted by molar-refractivity contribution is 5.83. The molecule has 4 nitrogen and oxygen atoms in total. The van der Waals surface area contributed by atoms with Crippen LogP contribution >= 0.6 is 0 Å². The van der Waals surface area contributed by atoms with Gasteiger partial charge in [0.15, 0.2) is 0 Å². The van der Waals surface area contributed by atoms with E-state index in [1.807, 2.05) is 12.1 Å². The van der Waals surface area contributed by atoms with Gasteiger partial charge in [0.2, 0.25) is 5.91 Å². The smallest absolute Gasteiger partial charge is 0.226 e. The largest absolute Gasteiger partial charge is 0.497 e. The van der Waals surface area contributed by atoms with Crippen LogP contribution in [0.25, 0.3) is 11.1 Å². The molecule has 1 heterocycles. The van der Waals surface area contributed by atoms with Crippen molar-refractivity contribution in [1.29, 1.82) is 0 Å². The molecule has 4 heteroatoms. The minimum absolute atomic E-state index is 0.164. The van der Waals surface area contributed by atoms with E-state index in [1.165, 1.54) is 11.1 Å². The molecule has 2 aromatic carbocycles. The third kappa shape index (κ3) is 4.51. The van der Waals surface area contributed by atoms with Crippen molar-refractivity contribution in [2.24, 2.45) is 5.41 Å². The van der Waals surface area contributed by atoms with Crippen molar-refractivity contribution in [1.82, 2.24) is 5.32 Å². The number of hydrogen-bond donors (Lipinski definition) is 1. The molecule has 0 spiro atoms. The van der Waals surface area contributed by atoms with Crippen molar-refractivity contribution in [3.05, 3.63) is 54.1 Å². The topological polar surface area (TPSA) is 47.6 Å². The van der Waals surface area contributed by atoms with Gasteiger partial charge in [0.1, 0.15) is 5.75 Å². The second kappa shape index (κ2) is 9.05. The number of carbonyl (C=O) groups excluding carboxylic acids is 1. The molecule has 0 unspecified atom stereocenters. The second-order valence-corrected chi connectivity index (χ2v) is 7.21. The van der Waals surface area contributed by atoms with Crippen LogP contribution in [0.15, 0.2) is 48.5 Å². The summed E-state index contributed by atoms with van der Waals surface area (Å²) < 4.78 is 10.8. The van der Waals surface area contributed by atoms with Gasteiger partial charge in [0, 0.05) is 19.8 Å². The first-order valence-corrected chi connectivity index (χ1v) is 9.77. The number of ether oxygens (including phenoxy) is 2. The summed E-state index contributed by atoms with van der Waals surface area (Å²) in [7, 11) is 1.67. The number of methoxy groups -OCH3 is 1. The van der Waals surface area contributed by atoms with Gasteiger partial charge in [-0.2, -0.15) is 0 Å². The SMILES string of the molecule is CCCNC(=O)C1(Cc2ccccc2-c2ccc(OC)cc2)CCOCC1. The Kier molecular flexibility index (Phi) is 6.51. The Morgan fingerprint density at radius 3 is 2.48 bits per heavy atom. The number of nitrogens with one attached hydrogen (secondary N) is 1. The highest BCUT2D eigenvalue weighted by Crippen LogP contribution is 2.38. The molecule has 0 aromatic heterocycles. The molecular weight excluding hydrogens is 338 g/mol. The van der Waals surface area contributed by atoms with Crippen LogP contribution in [-0.2, 0) is 16.0 Å². The Morgan fingerprint density at radius 2 is 1.81 bits per heavy atom. The number of benzene rings is 2. The molecule has 1 fully saturated rings. The maximum absolute atomic E-state index is 13.0. The molecule has 0 radical (unpaired) electrons. The van der Waals surface area contributed by atoms with Crippen LogP contribution in [0.1, 0.15) is 31.7 Å². The Morgan fingerprint density at radius 1 is 1.11 bits per heavy atom. The van der Waals surface area contributed by atoms with Crippen LogP contribution in [0.2, 0.25) is 0 Å². The molecule has 1 N–H and O–H groups in total. The Balaban J connectivity index is 1.91. The summed E-state index contributed by atoms with van der Waals surface area (Å²) in [5.74, 6) is 1.01. The van der Waals surface area contributed by atoms with Crippen molar-refractivity contribution in [3.63, 3.8) is 0 Å². The van der Waals surface area contributed by atoms with Gasteiger partial charge in [-0.05, 0) is 54.5 Å². The van der Waals surface area contributed by atoms with Crippen molar-refractivity contribution in [3.8, 4) is 16.9 Å². The molecule has 1 aliphatic heterocycles. The van der Waals surface area contributed by atoms with E-state index in [0.717, 1.165) is 43.5 Å². The second-order valence-electron chi connectivity index (χ2n) is 7.21. The van der Waals surface area contributed by atoms with Crippen LogP contribution in [0.5, 0.6) is 5.75 Å². The monoisotopic (exact) mass is 367 g/mol. The standard InChI is InChI=1S/C23H29NO3/c1-3-14-24-22(25)23(12-15-27-16-13-23)17-19-6-4-5-7-21(19)18-8-10-20(26-2)11-9-18/h4-11H,3,12-17H2,1-2H3,(H,24,25). The van der Waals surface area contributed by atoms with E-state index >= 15 is 0 Å². The minimum atomic E-state index is -0.393. The lowest BCUT2D eigenvalue weighted by molar-refractivity contribution is -0.136. The van der Waals surface area contributed by atoms with Gasteiger partial charge in [-0.1, -0.05) is 43.3 Å². The summed E-state index contributed by atoms with van der Waals surface area (Å²) in [6, 6.07) is 16.5. The normalized spacial score (nSPS) is 15.9. The molecule has 0 bridgehead atoms. The first-order chi connectivity index (χ1) is 13.2. The fourth-order valence-corrected chi connectivity index (χ4v) is 3.76. The van der Waals surface area contributed by atoms with Gasteiger partial charge in [0.25, 0.3) is 0 Å². The fraction of sp³-hybridized carbons (Fsp3) is 0.435. The van der Waals surface area contributed by atoms with Crippen molar-refractivity contribution in [2.75, 3.05) is 26.9 Å². The van der Waals surface area contributed by atoms with Gasteiger partial charge >= 0.3 is 0 Å². The average Bonchev–Trinajstić information content (AvgIpc) is 2.73. The van der Waals surface area contributed by atoms with E-state index in [9.17, 15) is 4.79 Å². The molecule has 3 rings (SSSR count). The molecule has 1 saturated heterocycles. The van der Waals surface area contributed by atoms with Crippen molar-refractivity contribution >= 4 is 5.91 Å². The van der Waals surface area contributed by atoms with Crippen LogP contribution in [0.3, 0.4) is 0 Å². The van der Waals surface area contributed by atoms with E-state index in [0.29, 0.717) is 13.2 Å². The molecule has 2 aromatic rings. The molecule has 144 valence electrons. The Bertz CT molecular complexity index is 748. The van der Waals surface area contributed by atoms with Crippen LogP contribution in [0.4, 0.5) is 0 Å². The number of carbonyl (C=O) groups is 1. The lowest BCUT2D eigenvalue weighted by Crippen LogP contribution is -2.46. The number of rotatable bonds is 7. The quantitative estimate of drug-likeness (QED) is 0.797. The summed E-state index contributed by atoms with van der Waals surface area (Å²) in [4.78, 5) is 13.0. The van der Waals surface area contributed by atoms with Gasteiger partial charge < -0.3 is 14.8 Å². The third-order valence-corrected chi connectivity index (χ3v) is 5.41. The van der Waals surface area contributed by atoms with Crippen molar-refractivity contribution in [2.45, 2.75) is 32.6 Å². The zero-order chi connectivity index (χ0) is 19.1. The summed E-state index contributed by atoms with van der Waals surface area (Å²) in [6.45, 7) is 4.09. The summed E-state index contributed by atoms with van der Waals surface area (Å²) in [5, 5.41) is 3.13. The molecule has 1 aliphatic rings. The summed E-state index contributed by atoms with van der Waals surface area (Å²) >= 11 is 0. The predicted octanol–water partition coefficient (Wildman–Crippen LogP) is 4.23. The predicted molar refractivity (Wildman–Crippen MR) is 108 cm³/mol. The first kappa shape index (κ1) is 19.4. The van der Waals surface area contributed by atoms with Gasteiger partial charge in [-0.25, -0.2) is 0 Å². The van der Waals surface area contributed by atoms with E-state index in [1.54, 1.807) is 7.11 Å². The first-order valence-electron chi connectivity index (χ1n) is 9.77. The lowest BCUT2D eigenvalue weighted by atomic mass is 9.73. The maximum Gasteiger partial charge on any atom is 0.226 e. The molecule has 0 aliphatic carbocycles. The van der Waals surface area contributed by atoms with Crippen molar-refractivity contribution < 1.29 is 14.3 Å². The summed E-state index contributed by atoms with van der Waals surface area (Å²) in [5.41, 5.74) is 3.13. The van der Waals surface area contributed by atoms with E-state index in [4.69, 9.17) is 9.47 Å². The fourth-order valence-electron chi connectivity index (χ4n) is 3.76. The van der Waals surface area contributed by atoms with E-state index in [-0.39, 0.29) is 5.91 Å². The van der Waals surface area contributed by atoms with E-state index in [2.05, 4.69) is 48.6 Å². The van der Waals surface area contributed by atoms with Gasteiger partial charge in [0.05, 0.1) is 12.5 Å². The molecular formula is C23H29NO3. The number of amides is 1. The number of hydrogen-bond acceptors (Lipinski definition) is 3. The highest BCUT2D eigenvalue weighted by Gasteiger charge is 2.40. The molecule has 1 amide bonds. The summed E-state index contributed by atoms with van der Waals surface area (Å²) in [6.07, 6.45) is 3.20. The van der Waals surface area contributed by atoms with Crippen LogP contribution in [-0.4, -0.2) is 32.8 Å². The van der Waals surface area contributed by atoms with Crippen LogP contribution in [0, 0.1) is 5.41 Å². The van der Waals surface area contributed by atoms with E-state index < -0.39 is 5.41 Å². The zero-order valence-electron chi connectivity index (χ0n) is 16.3.